The maximum absolute atomic E-state index is 14.5. The number of aliphatic hydroxyl groups is 5. The number of carbonyl (C=O) groups is 2. The van der Waals surface area contributed by atoms with Crippen molar-refractivity contribution in [2.45, 2.75) is 198 Å². The predicted octanol–water partition coefficient (Wildman–Crippen LogP) is 4.01. The van der Waals surface area contributed by atoms with Gasteiger partial charge >= 0.3 is 18.2 Å². The number of ether oxygens (including phenoxy) is 6. The summed E-state index contributed by atoms with van der Waals surface area (Å²) in [6.45, 7) is 18.0. The number of furan rings is 1. The summed E-state index contributed by atoms with van der Waals surface area (Å²) >= 11 is 0. The third-order valence-corrected chi connectivity index (χ3v) is 14.1. The van der Waals surface area contributed by atoms with Crippen LogP contribution in [-0.2, 0) is 39.4 Å². The van der Waals surface area contributed by atoms with Gasteiger partial charge < -0.3 is 73.9 Å². The van der Waals surface area contributed by atoms with E-state index in [1.54, 1.807) is 53.4 Å². The summed E-state index contributed by atoms with van der Waals surface area (Å²) in [7, 11) is 5.12. The molecule has 18 nitrogen and oxygen atoms in total. The quantitative estimate of drug-likeness (QED) is 0.155. The molecule has 0 radical (unpaired) electrons. The molecule has 4 rings (SSSR count). The Bertz CT molecular complexity index is 1770. The highest BCUT2D eigenvalue weighted by atomic mass is 19.4. The van der Waals surface area contributed by atoms with Crippen LogP contribution in [0, 0.1) is 24.7 Å². The van der Waals surface area contributed by atoms with E-state index < -0.39 is 126 Å². The Labute approximate surface area is 393 Å². The number of methoxy groups -OCH3 is 1. The molecule has 3 aliphatic rings. The van der Waals surface area contributed by atoms with Gasteiger partial charge in [0.1, 0.15) is 35.8 Å². The van der Waals surface area contributed by atoms with E-state index in [4.69, 9.17) is 32.8 Å². The number of anilines is 1. The van der Waals surface area contributed by atoms with Crippen molar-refractivity contribution >= 4 is 17.7 Å². The van der Waals surface area contributed by atoms with Gasteiger partial charge in [0.15, 0.2) is 12.6 Å². The molecule has 7 N–H and O–H groups in total. The summed E-state index contributed by atoms with van der Waals surface area (Å²) in [5, 5.41) is 64.4. The molecule has 3 saturated heterocycles. The number of hydrogen-bond donors (Lipinski definition) is 7. The van der Waals surface area contributed by atoms with Crippen molar-refractivity contribution in [3.63, 3.8) is 0 Å². The zero-order valence-electron chi connectivity index (χ0n) is 41.6. The van der Waals surface area contributed by atoms with Gasteiger partial charge in [-0.1, -0.05) is 20.8 Å². The number of esters is 1. The fraction of sp³-hybridized carbons (Fsp3) is 0.870. The molecule has 18 atom stereocenters. The third kappa shape index (κ3) is 13.6. The average molecular weight is 969 g/mol. The highest BCUT2D eigenvalue weighted by molar-refractivity contribution is 5.90. The van der Waals surface area contributed by atoms with Gasteiger partial charge in [-0.2, -0.15) is 13.2 Å². The molecule has 3 fully saturated rings. The summed E-state index contributed by atoms with van der Waals surface area (Å²) in [6, 6.07) is -1.17. The minimum Gasteiger partial charge on any atom is -0.459 e. The second kappa shape index (κ2) is 22.6. The van der Waals surface area contributed by atoms with Crippen molar-refractivity contribution in [3.05, 3.63) is 17.6 Å². The van der Waals surface area contributed by atoms with Crippen LogP contribution in [0.3, 0.4) is 0 Å². The number of nitrogens with one attached hydrogen (secondary N) is 2. The predicted molar refractivity (Wildman–Crippen MR) is 239 cm³/mol. The van der Waals surface area contributed by atoms with Crippen LogP contribution in [0.25, 0.3) is 0 Å². The maximum atomic E-state index is 14.5. The van der Waals surface area contributed by atoms with Crippen molar-refractivity contribution in [2.24, 2.45) is 17.8 Å². The number of carbonyl (C=O) groups excluding carboxylic acids is 2. The number of alkyl halides is 3. The van der Waals surface area contributed by atoms with Crippen molar-refractivity contribution in [3.8, 4) is 0 Å². The van der Waals surface area contributed by atoms with Crippen molar-refractivity contribution < 1.29 is 81.1 Å². The molecule has 1 aromatic heterocycles. The van der Waals surface area contributed by atoms with E-state index in [1.165, 1.54) is 21.0 Å². The number of nitrogens with zero attached hydrogens (tertiary/aromatic N) is 2. The number of rotatable bonds is 11. The molecule has 21 heteroatoms. The van der Waals surface area contributed by atoms with E-state index in [1.807, 2.05) is 32.8 Å². The van der Waals surface area contributed by atoms with E-state index in [2.05, 4.69) is 10.6 Å². The molecule has 2 amide bonds. The number of aryl methyl sites for hydroxylation is 1. The van der Waals surface area contributed by atoms with Crippen molar-refractivity contribution in [2.75, 3.05) is 46.2 Å². The number of likely N-dealkylation sites (N-methyl/N-ethyl adjacent to an activating group) is 1. The monoisotopic (exact) mass is 969 g/mol. The third-order valence-electron chi connectivity index (χ3n) is 14.1. The first-order valence-corrected chi connectivity index (χ1v) is 23.4. The molecule has 0 aliphatic carbocycles. The Morgan fingerprint density at radius 1 is 1.00 bits per heavy atom. The van der Waals surface area contributed by atoms with Crippen LogP contribution in [0.1, 0.15) is 106 Å². The topological polar surface area (TPSA) is 234 Å². The smallest absolute Gasteiger partial charge is 0.451 e. The average Bonchev–Trinajstić information content (AvgIpc) is 3.61. The number of urea groups is 1. The lowest BCUT2D eigenvalue weighted by Crippen LogP contribution is -2.60. The lowest BCUT2D eigenvalue weighted by Gasteiger charge is -2.48. The van der Waals surface area contributed by atoms with Crippen LogP contribution in [-0.4, -0.2) is 178 Å². The Morgan fingerprint density at radius 3 is 2.22 bits per heavy atom. The molecule has 1 aromatic rings. The van der Waals surface area contributed by atoms with E-state index in [9.17, 15) is 48.3 Å². The van der Waals surface area contributed by atoms with Gasteiger partial charge in [0.2, 0.25) is 5.76 Å². The molecular formula is C46H79F3N4O14. The van der Waals surface area contributed by atoms with E-state index in [0.29, 0.717) is 6.42 Å². The summed E-state index contributed by atoms with van der Waals surface area (Å²) in [4.78, 5) is 31.1. The Morgan fingerprint density at radius 2 is 1.64 bits per heavy atom. The molecule has 0 spiro atoms. The van der Waals surface area contributed by atoms with Gasteiger partial charge in [0.05, 0.1) is 47.2 Å². The number of cyclic esters (lactones) is 1. The van der Waals surface area contributed by atoms with Crippen LogP contribution < -0.4 is 10.6 Å². The van der Waals surface area contributed by atoms with Crippen molar-refractivity contribution in [1.29, 1.82) is 0 Å². The van der Waals surface area contributed by atoms with Crippen LogP contribution in [0.5, 0.6) is 0 Å². The van der Waals surface area contributed by atoms with Crippen LogP contribution >= 0.6 is 0 Å². The number of aliphatic hydroxyl groups excluding tert-OH is 3. The molecule has 0 saturated carbocycles. The SMILES string of the molecule is CC[C@H]1OC(=O)[C@H](C)[C@H](O[C@@H]2C[C@@](C)(OC)[C@@H](O)[C@H](C)O2)[C@@H](C)[C@H](O[C@@H]2O[C@H](C)C[C@H](N(C)C)[C@H]2O)[C@](C)(O)C[C@@H](C)CN(CCNC(=O)Nc2cc(C)oc2C(F)(F)F)[C@H](C)[C@@H](O)[C@]1(C)O. The normalized spacial score (nSPS) is 41.3. The molecule has 0 bridgehead atoms. The molecule has 0 aromatic carbocycles. The zero-order chi connectivity index (χ0) is 50.7. The molecule has 388 valence electrons. The first-order chi connectivity index (χ1) is 30.9. The van der Waals surface area contributed by atoms with Gasteiger partial charge in [0.25, 0.3) is 0 Å². The van der Waals surface area contributed by atoms with Gasteiger partial charge in [-0.05, 0) is 94.7 Å². The zero-order valence-corrected chi connectivity index (χ0v) is 41.6. The second-order valence-electron chi connectivity index (χ2n) is 20.2. The van der Waals surface area contributed by atoms with Crippen LogP contribution in [0.4, 0.5) is 23.7 Å². The molecular weight excluding hydrogens is 890 g/mol. The first kappa shape index (κ1) is 56.9. The highest BCUT2D eigenvalue weighted by Crippen LogP contribution is 2.41. The fourth-order valence-corrected chi connectivity index (χ4v) is 10.2. The minimum atomic E-state index is -4.86. The Balaban J connectivity index is 1.77. The first-order valence-electron chi connectivity index (χ1n) is 23.4. The van der Waals surface area contributed by atoms with Crippen LogP contribution in [0.2, 0.25) is 0 Å². The number of amides is 2. The molecule has 0 unspecified atom stereocenters. The van der Waals surface area contributed by atoms with Gasteiger partial charge in [-0.3, -0.25) is 9.69 Å². The van der Waals surface area contributed by atoms with Gasteiger partial charge in [-0.25, -0.2) is 4.79 Å². The molecule has 67 heavy (non-hydrogen) atoms. The number of hydrogen-bond acceptors (Lipinski definition) is 16. The highest BCUT2D eigenvalue weighted by Gasteiger charge is 2.53. The van der Waals surface area contributed by atoms with Gasteiger partial charge in [0, 0.05) is 57.2 Å². The summed E-state index contributed by atoms with van der Waals surface area (Å²) < 4.78 is 83.3. The van der Waals surface area contributed by atoms with Crippen molar-refractivity contribution in [1.82, 2.24) is 15.1 Å². The van der Waals surface area contributed by atoms with Gasteiger partial charge in [-0.15, -0.1) is 0 Å². The Kier molecular flexibility index (Phi) is 19.2. The largest absolute Gasteiger partial charge is 0.459 e. The summed E-state index contributed by atoms with van der Waals surface area (Å²) in [5.41, 5.74) is -5.51. The summed E-state index contributed by atoms with van der Waals surface area (Å²) in [6.07, 6.45) is -15.1. The molecule has 4 heterocycles. The van der Waals surface area contributed by atoms with E-state index >= 15 is 0 Å². The summed E-state index contributed by atoms with van der Waals surface area (Å²) in [5.74, 6) is -4.71. The second-order valence-corrected chi connectivity index (χ2v) is 20.2. The molecule has 3 aliphatic heterocycles. The standard InChI is InChI=1S/C46H79F3N4O14/c1-15-32-45(11,60)36(55)28(7)53(17-16-50-42(58)51-30-18-24(3)62-39(30)46(47,48)49)22-23(2)20-43(9,59)38(67-41-34(54)31(52(12)13)19-25(4)63-41)26(5)35(27(6)40(57)65-32)66-33-21-44(10,61-14)37(56)29(8)64-33/h18,23,25-29,31-38,41,54-56,59-60H,15-17,19-22H2,1-14H3,(H2,50,51,58)/t23-,25-,26-,27-,28-,29+,31+,32-,33-,34-,35-,36-,37+,38+,41+,43-,44-,45-/m1/s1. The van der Waals surface area contributed by atoms with Crippen LogP contribution in [0.15, 0.2) is 10.5 Å². The minimum absolute atomic E-state index is 0.00539. The number of halogens is 3. The van der Waals surface area contributed by atoms with E-state index in [0.717, 1.165) is 6.07 Å². The lowest BCUT2D eigenvalue weighted by molar-refractivity contribution is -0.318. The Hall–Kier alpha value is -2.67. The lowest BCUT2D eigenvalue weighted by atomic mass is 9.77. The van der Waals surface area contributed by atoms with E-state index in [-0.39, 0.29) is 56.8 Å². The maximum Gasteiger partial charge on any atom is 0.451 e. The fourth-order valence-electron chi connectivity index (χ4n) is 10.2.